The first-order chi connectivity index (χ1) is 7.12. The first-order valence-electron chi connectivity index (χ1n) is 5.96. The van der Waals surface area contributed by atoms with E-state index in [4.69, 9.17) is 10.2 Å². The first kappa shape index (κ1) is 11.9. The van der Waals surface area contributed by atoms with E-state index >= 15 is 0 Å². The predicted octanol–water partition coefficient (Wildman–Crippen LogP) is 2.29. The smallest absolute Gasteiger partial charge is 0.307 e. The molecule has 4 rings (SSSR count). The van der Waals surface area contributed by atoms with E-state index in [1.807, 2.05) is 0 Å². The van der Waals surface area contributed by atoms with Gasteiger partial charge >= 0.3 is 5.97 Å². The molecule has 4 aliphatic carbocycles. The molecule has 4 saturated carbocycles. The molecule has 0 saturated heterocycles. The number of aliphatic hydroxyl groups is 1. The zero-order chi connectivity index (χ0) is 10.7. The van der Waals surface area contributed by atoms with Gasteiger partial charge in [0, 0.05) is 6.61 Å². The van der Waals surface area contributed by atoms with Crippen LogP contribution in [-0.4, -0.2) is 22.8 Å². The minimum absolute atomic E-state index is 0. The third-order valence-electron chi connectivity index (χ3n) is 4.85. The summed E-state index contributed by atoms with van der Waals surface area (Å²) in [6, 6.07) is 0. The molecule has 92 valence electrons. The maximum absolute atomic E-state index is 10.2. The molecule has 0 aliphatic heterocycles. The van der Waals surface area contributed by atoms with Crippen LogP contribution in [0.5, 0.6) is 0 Å². The summed E-state index contributed by atoms with van der Waals surface area (Å²) in [4.78, 5) is 10.2. The Balaban J connectivity index is 0.000000114. The maximum atomic E-state index is 10.2. The van der Waals surface area contributed by atoms with E-state index in [0.717, 1.165) is 11.8 Å². The molecule has 0 aromatic heterocycles. The number of carboxylic acids is 1. The predicted molar refractivity (Wildman–Crippen MR) is 61.0 cm³/mol. The van der Waals surface area contributed by atoms with Gasteiger partial charge in [0.05, 0.1) is 5.92 Å². The molecular weight excluding hydrogens is 204 g/mol. The molecule has 3 nitrogen and oxygen atoms in total. The molecule has 2 N–H and O–H groups in total. The highest BCUT2D eigenvalue weighted by atomic mass is 16.4. The lowest BCUT2D eigenvalue weighted by Gasteiger charge is -1.82. The van der Waals surface area contributed by atoms with Crippen molar-refractivity contribution in [3.8, 4) is 0 Å². The SMILES string of the molecule is C.O=C(O)C1CC12CC2.OCC1CC12CC2. The molecule has 0 aromatic rings. The van der Waals surface area contributed by atoms with Gasteiger partial charge in [0.1, 0.15) is 0 Å². The second-order valence-electron chi connectivity index (χ2n) is 5.90. The van der Waals surface area contributed by atoms with Crippen molar-refractivity contribution in [3.63, 3.8) is 0 Å². The van der Waals surface area contributed by atoms with Crippen LogP contribution >= 0.6 is 0 Å². The zero-order valence-electron chi connectivity index (χ0n) is 8.91. The highest BCUT2D eigenvalue weighted by Crippen LogP contribution is 2.70. The van der Waals surface area contributed by atoms with Crippen LogP contribution in [0.15, 0.2) is 0 Å². The normalized spacial score (nSPS) is 36.8. The van der Waals surface area contributed by atoms with Gasteiger partial charge in [0.25, 0.3) is 0 Å². The quantitative estimate of drug-likeness (QED) is 0.759. The number of hydrogen-bond acceptors (Lipinski definition) is 2. The van der Waals surface area contributed by atoms with Gasteiger partial charge < -0.3 is 10.2 Å². The lowest BCUT2D eigenvalue weighted by molar-refractivity contribution is -0.138. The summed E-state index contributed by atoms with van der Waals surface area (Å²) in [7, 11) is 0. The zero-order valence-corrected chi connectivity index (χ0v) is 8.91. The average Bonchev–Trinajstić information content (AvgIpc) is 3.11. The Labute approximate surface area is 96.9 Å². The van der Waals surface area contributed by atoms with Gasteiger partial charge in [-0.05, 0) is 55.3 Å². The van der Waals surface area contributed by atoms with Crippen molar-refractivity contribution in [2.24, 2.45) is 22.7 Å². The Hall–Kier alpha value is -0.570. The molecule has 0 amide bonds. The van der Waals surface area contributed by atoms with Gasteiger partial charge in [-0.2, -0.15) is 0 Å². The fraction of sp³-hybridized carbons (Fsp3) is 0.923. The Morgan fingerprint density at radius 1 is 1.12 bits per heavy atom. The molecule has 0 radical (unpaired) electrons. The lowest BCUT2D eigenvalue weighted by atomic mass is 10.3. The van der Waals surface area contributed by atoms with E-state index < -0.39 is 5.97 Å². The van der Waals surface area contributed by atoms with Crippen LogP contribution in [0.2, 0.25) is 0 Å². The van der Waals surface area contributed by atoms with Crippen LogP contribution in [0.4, 0.5) is 0 Å². The van der Waals surface area contributed by atoms with E-state index in [2.05, 4.69) is 0 Å². The van der Waals surface area contributed by atoms with Crippen LogP contribution in [0.1, 0.15) is 46.0 Å². The molecule has 4 aliphatic rings. The molecule has 0 aromatic carbocycles. The van der Waals surface area contributed by atoms with Crippen molar-refractivity contribution < 1.29 is 15.0 Å². The van der Waals surface area contributed by atoms with Gasteiger partial charge in [0.15, 0.2) is 0 Å². The van der Waals surface area contributed by atoms with Gasteiger partial charge in [-0.3, -0.25) is 4.79 Å². The second kappa shape index (κ2) is 3.46. The van der Waals surface area contributed by atoms with Crippen molar-refractivity contribution in [2.45, 2.75) is 46.0 Å². The van der Waals surface area contributed by atoms with Crippen molar-refractivity contribution in [2.75, 3.05) is 6.61 Å². The van der Waals surface area contributed by atoms with E-state index in [0.29, 0.717) is 17.9 Å². The molecule has 2 spiro atoms. The summed E-state index contributed by atoms with van der Waals surface area (Å²) in [5.74, 6) is 0.178. The molecule has 16 heavy (non-hydrogen) atoms. The Kier molecular flexibility index (Phi) is 2.57. The molecular formula is C13H22O3. The number of carbonyl (C=O) groups is 1. The molecule has 4 fully saturated rings. The molecule has 0 bridgehead atoms. The molecule has 2 unspecified atom stereocenters. The van der Waals surface area contributed by atoms with Crippen molar-refractivity contribution in [1.29, 1.82) is 0 Å². The maximum Gasteiger partial charge on any atom is 0.307 e. The number of hydrogen-bond donors (Lipinski definition) is 2. The average molecular weight is 226 g/mol. The summed E-state index contributed by atoms with van der Waals surface area (Å²) < 4.78 is 0. The van der Waals surface area contributed by atoms with E-state index in [9.17, 15) is 4.79 Å². The molecule has 0 heterocycles. The fourth-order valence-electron chi connectivity index (χ4n) is 2.87. The Morgan fingerprint density at radius 2 is 1.69 bits per heavy atom. The van der Waals surface area contributed by atoms with Crippen LogP contribution in [0.3, 0.4) is 0 Å². The topological polar surface area (TPSA) is 57.5 Å². The van der Waals surface area contributed by atoms with Gasteiger partial charge in [-0.25, -0.2) is 0 Å². The summed E-state index contributed by atoms with van der Waals surface area (Å²) in [5, 5.41) is 17.0. The molecule has 2 atom stereocenters. The van der Waals surface area contributed by atoms with Gasteiger partial charge in [-0.1, -0.05) is 7.43 Å². The van der Waals surface area contributed by atoms with E-state index in [1.165, 1.54) is 32.1 Å². The number of rotatable bonds is 2. The van der Waals surface area contributed by atoms with Crippen molar-refractivity contribution >= 4 is 5.97 Å². The minimum atomic E-state index is -0.581. The van der Waals surface area contributed by atoms with Crippen molar-refractivity contribution in [1.82, 2.24) is 0 Å². The monoisotopic (exact) mass is 226 g/mol. The highest BCUT2D eigenvalue weighted by Gasteiger charge is 2.66. The van der Waals surface area contributed by atoms with Crippen LogP contribution in [0.25, 0.3) is 0 Å². The fourth-order valence-corrected chi connectivity index (χ4v) is 2.87. The highest BCUT2D eigenvalue weighted by molar-refractivity contribution is 5.75. The van der Waals surface area contributed by atoms with Crippen LogP contribution < -0.4 is 0 Å². The first-order valence-corrected chi connectivity index (χ1v) is 5.96. The largest absolute Gasteiger partial charge is 0.481 e. The summed E-state index contributed by atoms with van der Waals surface area (Å²) in [6.07, 6.45) is 7.43. The van der Waals surface area contributed by atoms with Crippen LogP contribution in [0, 0.1) is 22.7 Å². The van der Waals surface area contributed by atoms with E-state index in [1.54, 1.807) is 0 Å². The molecule has 3 heteroatoms. The van der Waals surface area contributed by atoms with E-state index in [-0.39, 0.29) is 13.3 Å². The second-order valence-corrected chi connectivity index (χ2v) is 5.90. The number of carboxylic acid groups (broad SMARTS) is 1. The lowest BCUT2D eigenvalue weighted by Crippen LogP contribution is -1.98. The number of aliphatic hydroxyl groups excluding tert-OH is 1. The third-order valence-corrected chi connectivity index (χ3v) is 4.85. The Bertz CT molecular complexity index is 302. The summed E-state index contributed by atoms with van der Waals surface area (Å²) in [5.41, 5.74) is 1.06. The van der Waals surface area contributed by atoms with Gasteiger partial charge in [-0.15, -0.1) is 0 Å². The number of aliphatic carboxylic acids is 1. The summed E-state index contributed by atoms with van der Waals surface area (Å²) in [6.45, 7) is 0.444. The third kappa shape index (κ3) is 1.86. The standard InChI is InChI=1S/C6H8O2.C6H10O.CH4/c7-5(8)4-3-6(4)1-2-6;7-4-5-3-6(5)1-2-6;/h4H,1-3H2,(H,7,8);5,7H,1-4H2;1H4. The Morgan fingerprint density at radius 3 is 1.81 bits per heavy atom. The van der Waals surface area contributed by atoms with Gasteiger partial charge in [0.2, 0.25) is 0 Å². The van der Waals surface area contributed by atoms with Crippen LogP contribution in [-0.2, 0) is 4.79 Å². The minimum Gasteiger partial charge on any atom is -0.481 e. The van der Waals surface area contributed by atoms with Crippen molar-refractivity contribution in [3.05, 3.63) is 0 Å². The summed E-state index contributed by atoms with van der Waals surface area (Å²) >= 11 is 0.